The third kappa shape index (κ3) is 4.29. The topological polar surface area (TPSA) is 81.3 Å². The van der Waals surface area contributed by atoms with Gasteiger partial charge in [-0.15, -0.1) is 0 Å². The van der Waals surface area contributed by atoms with Gasteiger partial charge in [-0.3, -0.25) is 4.72 Å². The van der Waals surface area contributed by atoms with Gasteiger partial charge in [0.1, 0.15) is 0 Å². The number of hydrogen-bond acceptors (Lipinski definition) is 4. The van der Waals surface area contributed by atoms with Crippen molar-refractivity contribution in [3.05, 3.63) is 51.5 Å². The molecule has 2 rings (SSSR count). The van der Waals surface area contributed by atoms with Gasteiger partial charge in [0.15, 0.2) is 0 Å². The molecule has 2 aromatic rings. The van der Waals surface area contributed by atoms with E-state index in [1.54, 1.807) is 13.0 Å². The normalized spacial score (nSPS) is 12.6. The Morgan fingerprint density at radius 1 is 1.23 bits per heavy atom. The molecule has 0 aliphatic heterocycles. The summed E-state index contributed by atoms with van der Waals surface area (Å²) in [6.07, 6.45) is -0.0597. The van der Waals surface area contributed by atoms with Crippen LogP contribution in [0.5, 0.6) is 0 Å². The number of rotatable bonds is 6. The molecule has 1 aromatic heterocycles. The minimum atomic E-state index is -5.55. The minimum Gasteiger partial charge on any atom is -0.336 e. The quantitative estimate of drug-likeness (QED) is 0.818. The largest absolute Gasteiger partial charge is 0.516 e. The summed E-state index contributed by atoms with van der Waals surface area (Å²) in [6, 6.07) is 5.60. The first-order valence-corrected chi connectivity index (χ1v) is 9.27. The maximum atomic E-state index is 12.6. The predicted octanol–water partition coefficient (Wildman–Crippen LogP) is 3.26. The fraction of sp³-hybridized carbons (Fsp3) is 0.438. The molecule has 0 atom stereocenters. The van der Waals surface area contributed by atoms with Crippen molar-refractivity contribution < 1.29 is 26.1 Å². The molecule has 0 saturated heterocycles. The van der Waals surface area contributed by atoms with Gasteiger partial charge >= 0.3 is 21.2 Å². The minimum absolute atomic E-state index is 0.0597. The molecule has 0 saturated carbocycles. The Hall–Kier alpha value is -2.23. The first-order chi connectivity index (χ1) is 11.9. The van der Waals surface area contributed by atoms with Crippen molar-refractivity contribution in [2.24, 2.45) is 5.92 Å². The number of hydrogen-bond donors (Lipinski definition) is 1. The molecule has 0 aliphatic rings. The molecule has 1 N–H and O–H groups in total. The molecule has 6 nitrogen and oxygen atoms in total. The molecular weight excluding hydrogens is 373 g/mol. The molecule has 0 amide bonds. The second-order valence-electron chi connectivity index (χ2n) is 6.28. The van der Waals surface area contributed by atoms with E-state index >= 15 is 0 Å². The van der Waals surface area contributed by atoms with E-state index in [0.717, 1.165) is 0 Å². The SMILES string of the molecule is Cc1c(Cc2ccccc2NS(=O)(=O)C(F)(F)F)c(=O)on1CC(C)C. The zero-order valence-corrected chi connectivity index (χ0v) is 15.2. The third-order valence-corrected chi connectivity index (χ3v) is 4.81. The highest BCUT2D eigenvalue weighted by Crippen LogP contribution is 2.28. The summed E-state index contributed by atoms with van der Waals surface area (Å²) in [5, 5.41) is 0. The van der Waals surface area contributed by atoms with Crippen molar-refractivity contribution in [2.75, 3.05) is 4.72 Å². The van der Waals surface area contributed by atoms with Crippen LogP contribution in [0.25, 0.3) is 0 Å². The van der Waals surface area contributed by atoms with E-state index < -0.39 is 21.2 Å². The van der Waals surface area contributed by atoms with Gasteiger partial charge in [0.2, 0.25) is 0 Å². The number of sulfonamides is 1. The van der Waals surface area contributed by atoms with Gasteiger partial charge in [-0.05, 0) is 24.5 Å². The summed E-state index contributed by atoms with van der Waals surface area (Å²) in [5.74, 6) is 0.225. The molecule has 26 heavy (non-hydrogen) atoms. The number of nitrogens with one attached hydrogen (secondary N) is 1. The Morgan fingerprint density at radius 2 is 1.85 bits per heavy atom. The van der Waals surface area contributed by atoms with Crippen LogP contribution in [0.1, 0.15) is 30.7 Å². The molecule has 0 spiro atoms. The molecule has 10 heteroatoms. The predicted molar refractivity (Wildman–Crippen MR) is 90.4 cm³/mol. The highest BCUT2D eigenvalue weighted by molar-refractivity contribution is 7.93. The van der Waals surface area contributed by atoms with Crippen molar-refractivity contribution in [1.82, 2.24) is 4.74 Å². The molecule has 144 valence electrons. The fourth-order valence-corrected chi connectivity index (χ4v) is 3.00. The second kappa shape index (κ2) is 7.18. The average Bonchev–Trinajstić information content (AvgIpc) is 2.74. The number of alkyl halides is 3. The van der Waals surface area contributed by atoms with Crippen molar-refractivity contribution in [3.63, 3.8) is 0 Å². The van der Waals surface area contributed by atoms with Crippen LogP contribution in [0.15, 0.2) is 33.6 Å². The summed E-state index contributed by atoms with van der Waals surface area (Å²) in [6.45, 7) is 6.04. The number of para-hydroxylation sites is 1. The third-order valence-electron chi connectivity index (χ3n) is 3.71. The summed E-state index contributed by atoms with van der Waals surface area (Å²) in [4.78, 5) is 12.1. The summed E-state index contributed by atoms with van der Waals surface area (Å²) >= 11 is 0. The molecule has 1 heterocycles. The smallest absolute Gasteiger partial charge is 0.336 e. The maximum absolute atomic E-state index is 12.6. The van der Waals surface area contributed by atoms with Gasteiger partial charge < -0.3 is 4.52 Å². The van der Waals surface area contributed by atoms with E-state index in [1.807, 2.05) is 13.8 Å². The van der Waals surface area contributed by atoms with E-state index in [9.17, 15) is 26.4 Å². The number of anilines is 1. The highest BCUT2D eigenvalue weighted by Gasteiger charge is 2.46. The van der Waals surface area contributed by atoms with Crippen molar-refractivity contribution in [1.29, 1.82) is 0 Å². The molecular formula is C16H19F3N2O4S. The summed E-state index contributed by atoms with van der Waals surface area (Å²) in [7, 11) is -5.55. The summed E-state index contributed by atoms with van der Waals surface area (Å²) in [5.41, 5.74) is -5.22. The van der Waals surface area contributed by atoms with Crippen molar-refractivity contribution >= 4 is 15.7 Å². The maximum Gasteiger partial charge on any atom is 0.516 e. The molecule has 1 aromatic carbocycles. The van der Waals surface area contributed by atoms with Crippen LogP contribution < -0.4 is 10.3 Å². The Kier molecular flexibility index (Phi) is 5.55. The van der Waals surface area contributed by atoms with E-state index in [0.29, 0.717) is 12.2 Å². The number of benzene rings is 1. The number of nitrogens with zero attached hydrogens (tertiary/aromatic N) is 1. The molecule has 0 radical (unpaired) electrons. The zero-order chi connectivity index (χ0) is 19.7. The van der Waals surface area contributed by atoms with Crippen molar-refractivity contribution in [2.45, 2.75) is 39.2 Å². The van der Waals surface area contributed by atoms with E-state index in [-0.39, 0.29) is 29.2 Å². The van der Waals surface area contributed by atoms with Crippen LogP contribution >= 0.6 is 0 Å². The second-order valence-corrected chi connectivity index (χ2v) is 7.96. The van der Waals surface area contributed by atoms with E-state index in [1.165, 1.54) is 27.7 Å². The lowest BCUT2D eigenvalue weighted by atomic mass is 10.0. The van der Waals surface area contributed by atoms with Gasteiger partial charge in [0.05, 0.1) is 23.5 Å². The van der Waals surface area contributed by atoms with Crippen LogP contribution in [-0.2, 0) is 23.0 Å². The lowest BCUT2D eigenvalue weighted by Crippen LogP contribution is -2.30. The van der Waals surface area contributed by atoms with Gasteiger partial charge in [-0.2, -0.15) is 21.6 Å². The van der Waals surface area contributed by atoms with Crippen LogP contribution in [0.3, 0.4) is 0 Å². The van der Waals surface area contributed by atoms with Crippen LogP contribution in [0.4, 0.5) is 18.9 Å². The van der Waals surface area contributed by atoms with Crippen LogP contribution in [0, 0.1) is 12.8 Å². The Balaban J connectivity index is 2.38. The first kappa shape index (κ1) is 20.1. The van der Waals surface area contributed by atoms with Crippen LogP contribution in [-0.4, -0.2) is 18.7 Å². The molecule has 0 fully saturated rings. The summed E-state index contributed by atoms with van der Waals surface area (Å²) < 4.78 is 68.7. The Labute approximate surface area is 148 Å². The monoisotopic (exact) mass is 392 g/mol. The molecule has 0 unspecified atom stereocenters. The number of halogens is 3. The van der Waals surface area contributed by atoms with Gasteiger partial charge in [0.25, 0.3) is 0 Å². The Morgan fingerprint density at radius 3 is 2.42 bits per heavy atom. The molecule has 0 bridgehead atoms. The van der Waals surface area contributed by atoms with Crippen LogP contribution in [0.2, 0.25) is 0 Å². The van der Waals surface area contributed by atoms with E-state index in [4.69, 9.17) is 4.52 Å². The average molecular weight is 392 g/mol. The van der Waals surface area contributed by atoms with E-state index in [2.05, 4.69) is 0 Å². The Bertz CT molecular complexity index is 943. The van der Waals surface area contributed by atoms with Crippen molar-refractivity contribution in [3.8, 4) is 0 Å². The lowest BCUT2D eigenvalue weighted by molar-refractivity contribution is -0.0429. The fourth-order valence-electron chi connectivity index (χ4n) is 2.39. The standard InChI is InChI=1S/C16H19F3N2O4S/c1-10(2)9-21-11(3)13(15(22)25-21)8-12-6-4-5-7-14(12)20-26(23,24)16(17,18)19/h4-7,10,20H,8-9H2,1-3H3. The first-order valence-electron chi connectivity index (χ1n) is 7.79. The van der Waals surface area contributed by atoms with Gasteiger partial charge in [0, 0.05) is 6.42 Å². The lowest BCUT2D eigenvalue weighted by Gasteiger charge is -2.14. The van der Waals surface area contributed by atoms with Gasteiger partial charge in [-0.1, -0.05) is 32.0 Å². The number of aromatic nitrogens is 1. The molecule has 0 aliphatic carbocycles. The highest BCUT2D eigenvalue weighted by atomic mass is 32.2. The van der Waals surface area contributed by atoms with Gasteiger partial charge in [-0.25, -0.2) is 9.53 Å². The zero-order valence-electron chi connectivity index (χ0n) is 14.4.